The molecule has 3 heterocycles. The van der Waals surface area contributed by atoms with Crippen molar-refractivity contribution in [3.8, 4) is 11.1 Å². The van der Waals surface area contributed by atoms with Gasteiger partial charge in [-0.1, -0.05) is 29.8 Å². The van der Waals surface area contributed by atoms with Gasteiger partial charge in [0.05, 0.1) is 24.6 Å². The molecule has 2 aliphatic heterocycles. The fraction of sp³-hybridized carbons (Fsp3) is 0.346. The number of carbonyl (C=O) groups is 1. The Morgan fingerprint density at radius 3 is 2.39 bits per heavy atom. The zero-order valence-electron chi connectivity index (χ0n) is 20.3. The van der Waals surface area contributed by atoms with E-state index in [4.69, 9.17) is 22.1 Å². The maximum atomic E-state index is 12.8. The van der Waals surface area contributed by atoms with Gasteiger partial charge in [-0.25, -0.2) is 9.97 Å². The van der Waals surface area contributed by atoms with Crippen LogP contribution in [0, 0.1) is 0 Å². The lowest BCUT2D eigenvalue weighted by molar-refractivity contribution is 0.0303. The molecular formula is C26H30ClN7O2. The molecular weight excluding hydrogens is 478 g/mol. The van der Waals surface area contributed by atoms with E-state index >= 15 is 0 Å². The number of benzene rings is 2. The number of halogens is 1. The second-order valence-electron chi connectivity index (χ2n) is 9.06. The SMILES string of the molecule is CN1CCN(c2ccc(-c3ccc(C(=O)N4CCOCC4)cc3)cc2Nc2ncnc(Cl)c2N)CC1. The van der Waals surface area contributed by atoms with Gasteiger partial charge < -0.3 is 30.5 Å². The number of amides is 1. The number of ether oxygens (including phenoxy) is 1. The molecule has 3 N–H and O–H groups in total. The number of nitrogens with two attached hydrogens (primary N) is 1. The molecule has 2 aliphatic rings. The van der Waals surface area contributed by atoms with Crippen molar-refractivity contribution in [2.24, 2.45) is 0 Å². The van der Waals surface area contributed by atoms with Crippen LogP contribution in [-0.4, -0.2) is 85.2 Å². The minimum atomic E-state index is 0.0359. The molecule has 9 nitrogen and oxygen atoms in total. The summed E-state index contributed by atoms with van der Waals surface area (Å²) in [5.41, 5.74) is 11.1. The standard InChI is InChI=1S/C26H30ClN7O2/c1-32-8-10-33(11-9-32)22-7-6-20(16-21(22)31-25-23(28)24(27)29-17-30-25)18-2-4-19(5-3-18)26(35)34-12-14-36-15-13-34/h2-7,16-17H,8-15,28H2,1H3,(H,29,30,31). The minimum absolute atomic E-state index is 0.0359. The fourth-order valence-corrected chi connectivity index (χ4v) is 4.63. The van der Waals surface area contributed by atoms with Crippen molar-refractivity contribution in [2.75, 3.05) is 75.5 Å². The average molecular weight is 508 g/mol. The van der Waals surface area contributed by atoms with E-state index in [1.807, 2.05) is 29.2 Å². The van der Waals surface area contributed by atoms with Gasteiger partial charge in [0, 0.05) is 44.8 Å². The molecule has 2 fully saturated rings. The Labute approximate surface area is 215 Å². The lowest BCUT2D eigenvalue weighted by atomic mass is 10.0. The molecule has 36 heavy (non-hydrogen) atoms. The van der Waals surface area contributed by atoms with E-state index in [0.717, 1.165) is 48.7 Å². The summed E-state index contributed by atoms with van der Waals surface area (Å²) in [6, 6.07) is 14.1. The Morgan fingerprint density at radius 1 is 0.972 bits per heavy atom. The highest BCUT2D eigenvalue weighted by atomic mass is 35.5. The Bertz CT molecular complexity index is 1220. The zero-order chi connectivity index (χ0) is 25.1. The van der Waals surface area contributed by atoms with Gasteiger partial charge in [0.15, 0.2) is 11.0 Å². The number of nitrogens with zero attached hydrogens (tertiary/aromatic N) is 5. The Kier molecular flexibility index (Phi) is 7.22. The van der Waals surface area contributed by atoms with Crippen LogP contribution in [0.2, 0.25) is 5.15 Å². The van der Waals surface area contributed by atoms with Crippen molar-refractivity contribution < 1.29 is 9.53 Å². The van der Waals surface area contributed by atoms with Crippen LogP contribution in [0.25, 0.3) is 11.1 Å². The van der Waals surface area contributed by atoms with Crippen molar-refractivity contribution in [2.45, 2.75) is 0 Å². The Hall–Kier alpha value is -3.40. The summed E-state index contributed by atoms with van der Waals surface area (Å²) in [5.74, 6) is 0.503. The monoisotopic (exact) mass is 507 g/mol. The number of likely N-dealkylation sites (N-methyl/N-ethyl adjacent to an activating group) is 1. The third-order valence-electron chi connectivity index (χ3n) is 6.69. The molecule has 5 rings (SSSR count). The summed E-state index contributed by atoms with van der Waals surface area (Å²) in [6.45, 7) is 6.23. The first-order valence-electron chi connectivity index (χ1n) is 12.1. The topological polar surface area (TPSA) is 99.8 Å². The van der Waals surface area contributed by atoms with Crippen LogP contribution in [0.4, 0.5) is 22.9 Å². The normalized spacial score (nSPS) is 16.7. The maximum absolute atomic E-state index is 12.8. The molecule has 1 amide bonds. The summed E-state index contributed by atoms with van der Waals surface area (Å²) in [5, 5.41) is 3.60. The van der Waals surface area contributed by atoms with Gasteiger partial charge in [-0.2, -0.15) is 0 Å². The van der Waals surface area contributed by atoms with Crippen LogP contribution in [0.1, 0.15) is 10.4 Å². The lowest BCUT2D eigenvalue weighted by Crippen LogP contribution is -2.44. The smallest absolute Gasteiger partial charge is 0.254 e. The van der Waals surface area contributed by atoms with Crippen LogP contribution >= 0.6 is 11.6 Å². The molecule has 10 heteroatoms. The minimum Gasteiger partial charge on any atom is -0.393 e. The van der Waals surface area contributed by atoms with Crippen LogP contribution in [0.15, 0.2) is 48.8 Å². The number of rotatable bonds is 5. The predicted molar refractivity (Wildman–Crippen MR) is 143 cm³/mol. The number of hydrogen-bond acceptors (Lipinski definition) is 8. The molecule has 0 unspecified atom stereocenters. The molecule has 0 bridgehead atoms. The first kappa shape index (κ1) is 24.3. The predicted octanol–water partition coefficient (Wildman–Crippen LogP) is 3.35. The maximum Gasteiger partial charge on any atom is 0.254 e. The first-order chi connectivity index (χ1) is 17.5. The number of morpholine rings is 1. The Balaban J connectivity index is 1.44. The van der Waals surface area contributed by atoms with E-state index in [2.05, 4.69) is 50.3 Å². The van der Waals surface area contributed by atoms with Crippen LogP contribution < -0.4 is 16.0 Å². The van der Waals surface area contributed by atoms with Crippen molar-refractivity contribution in [3.63, 3.8) is 0 Å². The van der Waals surface area contributed by atoms with E-state index in [1.54, 1.807) is 0 Å². The van der Waals surface area contributed by atoms with Crippen molar-refractivity contribution in [1.82, 2.24) is 19.8 Å². The van der Waals surface area contributed by atoms with Crippen LogP contribution in [0.5, 0.6) is 0 Å². The van der Waals surface area contributed by atoms with Gasteiger partial charge in [-0.3, -0.25) is 4.79 Å². The molecule has 2 aromatic carbocycles. The van der Waals surface area contributed by atoms with Gasteiger partial charge in [0.1, 0.15) is 12.0 Å². The summed E-state index contributed by atoms with van der Waals surface area (Å²) in [6.07, 6.45) is 1.39. The van der Waals surface area contributed by atoms with Crippen molar-refractivity contribution in [1.29, 1.82) is 0 Å². The molecule has 0 saturated carbocycles. The van der Waals surface area contributed by atoms with E-state index in [-0.39, 0.29) is 11.1 Å². The lowest BCUT2D eigenvalue weighted by Gasteiger charge is -2.35. The summed E-state index contributed by atoms with van der Waals surface area (Å²) >= 11 is 6.14. The van der Waals surface area contributed by atoms with Crippen molar-refractivity contribution >= 4 is 40.4 Å². The number of aromatic nitrogens is 2. The number of carbonyl (C=O) groups excluding carboxylic acids is 1. The largest absolute Gasteiger partial charge is 0.393 e. The summed E-state index contributed by atoms with van der Waals surface area (Å²) in [4.78, 5) is 27.6. The fourth-order valence-electron chi connectivity index (χ4n) is 4.49. The van der Waals surface area contributed by atoms with Crippen LogP contribution in [0.3, 0.4) is 0 Å². The summed E-state index contributed by atoms with van der Waals surface area (Å²) < 4.78 is 5.36. The van der Waals surface area contributed by atoms with Crippen LogP contribution in [-0.2, 0) is 4.74 Å². The summed E-state index contributed by atoms with van der Waals surface area (Å²) in [7, 11) is 2.14. The third kappa shape index (κ3) is 5.23. The Morgan fingerprint density at radius 2 is 1.67 bits per heavy atom. The van der Waals surface area contributed by atoms with Gasteiger partial charge >= 0.3 is 0 Å². The molecule has 0 aliphatic carbocycles. The molecule has 3 aromatic rings. The number of anilines is 4. The molecule has 1 aromatic heterocycles. The first-order valence-corrected chi connectivity index (χ1v) is 12.5. The zero-order valence-corrected chi connectivity index (χ0v) is 21.0. The highest BCUT2D eigenvalue weighted by Gasteiger charge is 2.20. The number of hydrogen-bond donors (Lipinski definition) is 2. The van der Waals surface area contributed by atoms with Gasteiger partial charge in [0.25, 0.3) is 5.91 Å². The highest BCUT2D eigenvalue weighted by molar-refractivity contribution is 6.32. The number of nitrogen functional groups attached to an aromatic ring is 1. The molecule has 2 saturated heterocycles. The van der Waals surface area contributed by atoms with E-state index < -0.39 is 0 Å². The second-order valence-corrected chi connectivity index (χ2v) is 9.41. The van der Waals surface area contributed by atoms with E-state index in [1.165, 1.54) is 6.33 Å². The molecule has 0 radical (unpaired) electrons. The van der Waals surface area contributed by atoms with Gasteiger partial charge in [-0.05, 0) is 42.4 Å². The van der Waals surface area contributed by atoms with E-state index in [0.29, 0.717) is 43.4 Å². The van der Waals surface area contributed by atoms with Gasteiger partial charge in [-0.15, -0.1) is 0 Å². The van der Waals surface area contributed by atoms with Gasteiger partial charge in [0.2, 0.25) is 0 Å². The number of nitrogens with one attached hydrogen (secondary N) is 1. The van der Waals surface area contributed by atoms with Crippen molar-refractivity contribution in [3.05, 3.63) is 59.5 Å². The second kappa shape index (κ2) is 10.7. The third-order valence-corrected chi connectivity index (χ3v) is 6.99. The molecule has 188 valence electrons. The van der Waals surface area contributed by atoms with E-state index in [9.17, 15) is 4.79 Å². The average Bonchev–Trinajstić information content (AvgIpc) is 2.92. The number of piperazine rings is 1. The molecule has 0 atom stereocenters. The quantitative estimate of drug-likeness (QED) is 0.507. The highest BCUT2D eigenvalue weighted by Crippen LogP contribution is 2.36. The molecule has 0 spiro atoms.